The van der Waals surface area contributed by atoms with E-state index in [0.29, 0.717) is 12.8 Å². The van der Waals surface area contributed by atoms with Crippen LogP contribution >= 0.6 is 0 Å². The lowest BCUT2D eigenvalue weighted by molar-refractivity contribution is -0.128. The van der Waals surface area contributed by atoms with Gasteiger partial charge in [-0.15, -0.1) is 0 Å². The van der Waals surface area contributed by atoms with E-state index in [1.54, 1.807) is 12.2 Å². The highest BCUT2D eigenvalue weighted by molar-refractivity contribution is 5.96. The number of hydrogen-bond donors (Lipinski definition) is 0. The molecule has 1 rings (SSSR count). The Bertz CT molecular complexity index is 473. The van der Waals surface area contributed by atoms with Crippen LogP contribution in [0.5, 0.6) is 0 Å². The van der Waals surface area contributed by atoms with E-state index < -0.39 is 0 Å². The smallest absolute Gasteiger partial charge is 0.156 e. The van der Waals surface area contributed by atoms with Gasteiger partial charge in [0, 0.05) is 18.3 Å². The van der Waals surface area contributed by atoms with Gasteiger partial charge in [0.25, 0.3) is 0 Å². The normalized spacial score (nSPS) is 11.8. The highest BCUT2D eigenvalue weighted by atomic mass is 16.1. The van der Waals surface area contributed by atoms with Crippen molar-refractivity contribution in [3.8, 4) is 0 Å². The molecule has 2 heteroatoms. The number of carbonyl (C=O) groups is 2. The molecular weight excluding hydrogens is 236 g/mol. The zero-order valence-electron chi connectivity index (χ0n) is 12.2. The largest absolute Gasteiger partial charge is 0.299 e. The van der Waals surface area contributed by atoms with Gasteiger partial charge < -0.3 is 0 Å². The molecule has 0 radical (unpaired) electrons. The van der Waals surface area contributed by atoms with Gasteiger partial charge in [-0.3, -0.25) is 9.59 Å². The molecule has 0 N–H and O–H groups in total. The predicted molar refractivity (Wildman–Crippen MR) is 78.9 cm³/mol. The van der Waals surface area contributed by atoms with Crippen molar-refractivity contribution in [2.24, 2.45) is 5.41 Å². The molecule has 0 aliphatic rings. The minimum absolute atomic E-state index is 0.00169. The quantitative estimate of drug-likeness (QED) is 0.749. The standard InChI is InChI=1S/C17H22O2/c1-13-5-7-14(8-6-13)9-10-15(18)11-12-16(19)17(2,3)4/h5-10H,11-12H2,1-4H3/b10-9+. The van der Waals surface area contributed by atoms with E-state index in [4.69, 9.17) is 0 Å². The molecule has 19 heavy (non-hydrogen) atoms. The molecule has 1 aromatic carbocycles. The van der Waals surface area contributed by atoms with Gasteiger partial charge >= 0.3 is 0 Å². The first-order chi connectivity index (χ1) is 8.79. The highest BCUT2D eigenvalue weighted by Gasteiger charge is 2.20. The zero-order valence-corrected chi connectivity index (χ0v) is 12.2. The molecule has 0 heterocycles. The molecule has 0 saturated carbocycles. The molecule has 0 aliphatic heterocycles. The Balaban J connectivity index is 2.48. The van der Waals surface area contributed by atoms with Crippen molar-refractivity contribution < 1.29 is 9.59 Å². The fraction of sp³-hybridized carbons (Fsp3) is 0.412. The summed E-state index contributed by atoms with van der Waals surface area (Å²) in [5, 5.41) is 0. The SMILES string of the molecule is Cc1ccc(/C=C/C(=O)CCC(=O)C(C)(C)C)cc1. The zero-order chi connectivity index (χ0) is 14.5. The molecule has 1 aromatic rings. The van der Waals surface area contributed by atoms with Crippen molar-refractivity contribution in [2.75, 3.05) is 0 Å². The Kier molecular flexibility index (Phi) is 5.22. The number of Topliss-reactive ketones (excluding diaryl/α,β-unsaturated/α-hetero) is 1. The van der Waals surface area contributed by atoms with Crippen molar-refractivity contribution in [2.45, 2.75) is 40.5 Å². The van der Waals surface area contributed by atoms with Crippen LogP contribution in [0.15, 0.2) is 30.3 Å². The van der Waals surface area contributed by atoms with Crippen molar-refractivity contribution in [1.82, 2.24) is 0 Å². The van der Waals surface area contributed by atoms with Crippen LogP contribution in [-0.4, -0.2) is 11.6 Å². The maximum absolute atomic E-state index is 11.7. The van der Waals surface area contributed by atoms with Gasteiger partial charge in [-0.1, -0.05) is 56.7 Å². The lowest BCUT2D eigenvalue weighted by Crippen LogP contribution is -2.20. The predicted octanol–water partition coefficient (Wildman–Crippen LogP) is 3.97. The van der Waals surface area contributed by atoms with Crippen LogP contribution in [0.25, 0.3) is 6.08 Å². The van der Waals surface area contributed by atoms with Crippen molar-refractivity contribution >= 4 is 17.6 Å². The minimum Gasteiger partial charge on any atom is -0.299 e. The second-order valence-corrected chi connectivity index (χ2v) is 5.88. The molecule has 0 atom stereocenters. The summed E-state index contributed by atoms with van der Waals surface area (Å²) in [5.41, 5.74) is 1.83. The second-order valence-electron chi connectivity index (χ2n) is 5.88. The van der Waals surface area contributed by atoms with E-state index in [1.807, 2.05) is 52.0 Å². The third-order valence-electron chi connectivity index (χ3n) is 2.97. The average Bonchev–Trinajstić information content (AvgIpc) is 2.34. The molecule has 0 amide bonds. The summed E-state index contributed by atoms with van der Waals surface area (Å²) in [7, 11) is 0. The van der Waals surface area contributed by atoms with Crippen LogP contribution in [0.3, 0.4) is 0 Å². The number of aryl methyl sites for hydroxylation is 1. The van der Waals surface area contributed by atoms with Crippen molar-refractivity contribution in [3.63, 3.8) is 0 Å². The van der Waals surface area contributed by atoms with Crippen LogP contribution in [0.2, 0.25) is 0 Å². The Morgan fingerprint density at radius 2 is 1.63 bits per heavy atom. The van der Waals surface area contributed by atoms with E-state index in [1.165, 1.54) is 5.56 Å². The van der Waals surface area contributed by atoms with E-state index in [9.17, 15) is 9.59 Å². The highest BCUT2D eigenvalue weighted by Crippen LogP contribution is 2.17. The summed E-state index contributed by atoms with van der Waals surface area (Å²) in [6, 6.07) is 7.96. The fourth-order valence-electron chi connectivity index (χ4n) is 1.56. The summed E-state index contributed by atoms with van der Waals surface area (Å²) in [5.74, 6) is 0.128. The third-order valence-corrected chi connectivity index (χ3v) is 2.97. The Morgan fingerprint density at radius 3 is 2.16 bits per heavy atom. The Morgan fingerprint density at radius 1 is 1.05 bits per heavy atom. The summed E-state index contributed by atoms with van der Waals surface area (Å²) in [6.07, 6.45) is 3.96. The molecule has 102 valence electrons. The van der Waals surface area contributed by atoms with Gasteiger partial charge in [0.2, 0.25) is 0 Å². The maximum atomic E-state index is 11.7. The van der Waals surface area contributed by atoms with E-state index in [0.717, 1.165) is 5.56 Å². The molecule has 0 spiro atoms. The van der Waals surface area contributed by atoms with Crippen molar-refractivity contribution in [1.29, 1.82) is 0 Å². The lowest BCUT2D eigenvalue weighted by Gasteiger charge is -2.15. The monoisotopic (exact) mass is 258 g/mol. The van der Waals surface area contributed by atoms with E-state index in [-0.39, 0.29) is 17.0 Å². The first-order valence-corrected chi connectivity index (χ1v) is 6.60. The summed E-state index contributed by atoms with van der Waals surface area (Å²) in [6.45, 7) is 7.66. The molecule has 0 aromatic heterocycles. The number of benzene rings is 1. The van der Waals surface area contributed by atoms with Crippen LogP contribution < -0.4 is 0 Å². The second kappa shape index (κ2) is 6.46. The number of carbonyl (C=O) groups excluding carboxylic acids is 2. The molecule has 2 nitrogen and oxygen atoms in total. The molecule has 0 fully saturated rings. The van der Waals surface area contributed by atoms with Gasteiger partial charge in [-0.2, -0.15) is 0 Å². The third kappa shape index (κ3) is 5.64. The fourth-order valence-corrected chi connectivity index (χ4v) is 1.56. The summed E-state index contributed by atoms with van der Waals surface area (Å²) >= 11 is 0. The van der Waals surface area contributed by atoms with Gasteiger partial charge in [-0.25, -0.2) is 0 Å². The van der Waals surface area contributed by atoms with Crippen LogP contribution in [0.1, 0.15) is 44.7 Å². The number of ketones is 2. The number of hydrogen-bond acceptors (Lipinski definition) is 2. The van der Waals surface area contributed by atoms with Crippen LogP contribution in [0.4, 0.5) is 0 Å². The van der Waals surface area contributed by atoms with Gasteiger partial charge in [0.05, 0.1) is 0 Å². The van der Waals surface area contributed by atoms with Crippen molar-refractivity contribution in [3.05, 3.63) is 41.5 Å². The molecular formula is C17H22O2. The van der Waals surface area contributed by atoms with Gasteiger partial charge in [0.15, 0.2) is 5.78 Å². The number of allylic oxidation sites excluding steroid dienone is 1. The van der Waals surface area contributed by atoms with E-state index in [2.05, 4.69) is 0 Å². The molecule has 0 aliphatic carbocycles. The Hall–Kier alpha value is -1.70. The maximum Gasteiger partial charge on any atom is 0.156 e. The average molecular weight is 258 g/mol. The molecule has 0 saturated heterocycles. The summed E-state index contributed by atoms with van der Waals surface area (Å²) < 4.78 is 0. The van der Waals surface area contributed by atoms with E-state index >= 15 is 0 Å². The lowest BCUT2D eigenvalue weighted by atomic mass is 9.88. The van der Waals surface area contributed by atoms with Gasteiger partial charge in [0.1, 0.15) is 5.78 Å². The van der Waals surface area contributed by atoms with Crippen LogP contribution in [0, 0.1) is 12.3 Å². The van der Waals surface area contributed by atoms with Crippen LogP contribution in [-0.2, 0) is 9.59 Å². The number of rotatable bonds is 5. The first kappa shape index (κ1) is 15.4. The molecule has 0 unspecified atom stereocenters. The minimum atomic E-state index is -0.360. The topological polar surface area (TPSA) is 34.1 Å². The first-order valence-electron chi connectivity index (χ1n) is 6.60. The van der Waals surface area contributed by atoms with Gasteiger partial charge in [-0.05, 0) is 18.6 Å². The molecule has 0 bridgehead atoms. The Labute approximate surface area is 115 Å². The summed E-state index contributed by atoms with van der Waals surface area (Å²) in [4.78, 5) is 23.4.